The summed E-state index contributed by atoms with van der Waals surface area (Å²) in [4.78, 5) is 27.9. The van der Waals surface area contributed by atoms with E-state index in [1.54, 1.807) is 13.8 Å². The van der Waals surface area contributed by atoms with Crippen LogP contribution in [-0.4, -0.2) is 24.9 Å². The van der Waals surface area contributed by atoms with Crippen LogP contribution in [-0.2, 0) is 16.0 Å². The van der Waals surface area contributed by atoms with Gasteiger partial charge in [-0.15, -0.1) is 0 Å². The van der Waals surface area contributed by atoms with Gasteiger partial charge in [0.1, 0.15) is 5.41 Å². The van der Waals surface area contributed by atoms with Crippen molar-refractivity contribution in [2.45, 2.75) is 40.0 Å². The first-order valence-electron chi connectivity index (χ1n) is 9.97. The monoisotopic (exact) mass is 379 g/mol. The van der Waals surface area contributed by atoms with Crippen molar-refractivity contribution in [1.29, 1.82) is 0 Å². The van der Waals surface area contributed by atoms with Crippen molar-refractivity contribution in [3.8, 4) is 0 Å². The van der Waals surface area contributed by atoms with E-state index < -0.39 is 5.41 Å². The van der Waals surface area contributed by atoms with Crippen LogP contribution < -0.4 is 15.5 Å². The van der Waals surface area contributed by atoms with Crippen molar-refractivity contribution in [1.82, 2.24) is 0 Å². The summed E-state index contributed by atoms with van der Waals surface area (Å²) >= 11 is 0. The third kappa shape index (κ3) is 4.35. The highest BCUT2D eigenvalue weighted by Crippen LogP contribution is 2.25. The molecule has 0 atom stereocenters. The Bertz CT molecular complexity index is 837. The van der Waals surface area contributed by atoms with Gasteiger partial charge in [0.15, 0.2) is 0 Å². The van der Waals surface area contributed by atoms with Crippen LogP contribution in [0.4, 0.5) is 17.1 Å². The molecule has 28 heavy (non-hydrogen) atoms. The van der Waals surface area contributed by atoms with E-state index in [9.17, 15) is 9.59 Å². The number of aryl methyl sites for hydroxylation is 1. The fraction of sp³-hybridized carbons (Fsp3) is 0.391. The van der Waals surface area contributed by atoms with Crippen LogP contribution in [0, 0.1) is 5.41 Å². The minimum atomic E-state index is -1.20. The Hall–Kier alpha value is -2.82. The number of rotatable bonds is 6. The van der Waals surface area contributed by atoms with Crippen LogP contribution in [0.5, 0.6) is 0 Å². The number of carbonyl (C=O) groups is 2. The fourth-order valence-corrected chi connectivity index (χ4v) is 3.35. The molecule has 148 valence electrons. The molecule has 1 heterocycles. The third-order valence-electron chi connectivity index (χ3n) is 5.38. The van der Waals surface area contributed by atoms with Crippen molar-refractivity contribution < 1.29 is 9.59 Å². The van der Waals surface area contributed by atoms with Gasteiger partial charge in [0, 0.05) is 30.2 Å². The normalized spacial score (nSPS) is 14.0. The molecule has 1 fully saturated rings. The maximum Gasteiger partial charge on any atom is 0.239 e. The largest absolute Gasteiger partial charge is 0.372 e. The molecule has 1 saturated heterocycles. The first-order chi connectivity index (χ1) is 13.4. The predicted octanol–water partition coefficient (Wildman–Crippen LogP) is 4.45. The van der Waals surface area contributed by atoms with Gasteiger partial charge in [-0.3, -0.25) is 9.59 Å². The van der Waals surface area contributed by atoms with Crippen molar-refractivity contribution in [3.63, 3.8) is 0 Å². The van der Waals surface area contributed by atoms with Gasteiger partial charge in [-0.2, -0.15) is 0 Å². The zero-order valence-corrected chi connectivity index (χ0v) is 16.9. The summed E-state index contributed by atoms with van der Waals surface area (Å²) in [6, 6.07) is 15.5. The molecular formula is C23H29N3O2. The number of anilines is 3. The average Bonchev–Trinajstić information content (AvgIpc) is 3.23. The molecule has 2 N–H and O–H groups in total. The first kappa shape index (κ1) is 19.9. The van der Waals surface area contributed by atoms with Gasteiger partial charge in [-0.25, -0.2) is 0 Å². The number of hydrogen-bond donors (Lipinski definition) is 2. The zero-order chi connectivity index (χ0) is 20.1. The molecule has 2 amide bonds. The summed E-state index contributed by atoms with van der Waals surface area (Å²) in [6.45, 7) is 7.49. The van der Waals surface area contributed by atoms with Crippen LogP contribution in [0.25, 0.3) is 0 Å². The van der Waals surface area contributed by atoms with Gasteiger partial charge < -0.3 is 15.5 Å². The summed E-state index contributed by atoms with van der Waals surface area (Å²) in [5, 5.41) is 5.79. The molecular weight excluding hydrogens is 350 g/mol. The topological polar surface area (TPSA) is 61.4 Å². The van der Waals surface area contributed by atoms with E-state index in [1.807, 2.05) is 55.5 Å². The molecule has 1 aliphatic heterocycles. The molecule has 0 radical (unpaired) electrons. The lowest BCUT2D eigenvalue weighted by atomic mass is 9.90. The lowest BCUT2D eigenvalue weighted by molar-refractivity contribution is -0.135. The SMILES string of the molecule is CCc1ccccc1NC(=O)C(C)(C)C(=O)Nc1ccc(N2CCCC2)cc1. The summed E-state index contributed by atoms with van der Waals surface area (Å²) < 4.78 is 0. The molecule has 2 aromatic carbocycles. The highest BCUT2D eigenvalue weighted by Gasteiger charge is 2.36. The van der Waals surface area contributed by atoms with E-state index in [2.05, 4.69) is 15.5 Å². The van der Waals surface area contributed by atoms with Crippen LogP contribution >= 0.6 is 0 Å². The predicted molar refractivity (Wildman–Crippen MR) is 115 cm³/mol. The summed E-state index contributed by atoms with van der Waals surface area (Å²) in [7, 11) is 0. The fourth-order valence-electron chi connectivity index (χ4n) is 3.35. The van der Waals surface area contributed by atoms with E-state index >= 15 is 0 Å². The summed E-state index contributed by atoms with van der Waals surface area (Å²) in [6.07, 6.45) is 3.26. The zero-order valence-electron chi connectivity index (χ0n) is 16.9. The lowest BCUT2D eigenvalue weighted by Gasteiger charge is -2.24. The second kappa shape index (κ2) is 8.46. The lowest BCUT2D eigenvalue weighted by Crippen LogP contribution is -2.41. The van der Waals surface area contributed by atoms with Crippen LogP contribution in [0.2, 0.25) is 0 Å². The minimum Gasteiger partial charge on any atom is -0.372 e. The number of nitrogens with zero attached hydrogens (tertiary/aromatic N) is 1. The summed E-state index contributed by atoms with van der Waals surface area (Å²) in [5.74, 6) is -0.646. The van der Waals surface area contributed by atoms with Crippen molar-refractivity contribution in [3.05, 3.63) is 54.1 Å². The van der Waals surface area contributed by atoms with Crippen LogP contribution in [0.1, 0.15) is 39.2 Å². The number of carbonyl (C=O) groups excluding carboxylic acids is 2. The molecule has 0 bridgehead atoms. The summed E-state index contributed by atoms with van der Waals surface area (Å²) in [5.41, 5.74) is 2.47. The molecule has 5 heteroatoms. The van der Waals surface area contributed by atoms with Gasteiger partial charge in [-0.1, -0.05) is 25.1 Å². The Morgan fingerprint density at radius 2 is 1.54 bits per heavy atom. The number of nitrogens with one attached hydrogen (secondary N) is 2. The molecule has 0 aromatic heterocycles. The quantitative estimate of drug-likeness (QED) is 0.729. The smallest absolute Gasteiger partial charge is 0.239 e. The van der Waals surface area contributed by atoms with Gasteiger partial charge in [-0.05, 0) is 69.0 Å². The maximum absolute atomic E-state index is 12.8. The van der Waals surface area contributed by atoms with E-state index in [4.69, 9.17) is 0 Å². The Kier molecular flexibility index (Phi) is 6.02. The Morgan fingerprint density at radius 3 is 2.18 bits per heavy atom. The molecule has 2 aromatic rings. The number of benzene rings is 2. The van der Waals surface area contributed by atoms with E-state index in [1.165, 1.54) is 18.5 Å². The second-order valence-electron chi connectivity index (χ2n) is 7.78. The van der Waals surface area contributed by atoms with Crippen LogP contribution in [0.3, 0.4) is 0 Å². The number of para-hydroxylation sites is 1. The van der Waals surface area contributed by atoms with Crippen molar-refractivity contribution in [2.75, 3.05) is 28.6 Å². The molecule has 0 aliphatic carbocycles. The maximum atomic E-state index is 12.8. The molecule has 0 spiro atoms. The Morgan fingerprint density at radius 1 is 0.929 bits per heavy atom. The molecule has 1 aliphatic rings. The molecule has 0 saturated carbocycles. The highest BCUT2D eigenvalue weighted by molar-refractivity contribution is 6.14. The van der Waals surface area contributed by atoms with Crippen molar-refractivity contribution in [2.24, 2.45) is 5.41 Å². The average molecular weight is 380 g/mol. The third-order valence-corrected chi connectivity index (χ3v) is 5.38. The number of hydrogen-bond acceptors (Lipinski definition) is 3. The van der Waals surface area contributed by atoms with Crippen molar-refractivity contribution >= 4 is 28.9 Å². The minimum absolute atomic E-state index is 0.320. The molecule has 0 unspecified atom stereocenters. The number of amides is 2. The van der Waals surface area contributed by atoms with Gasteiger partial charge in [0.05, 0.1) is 0 Å². The Labute approximate surface area is 167 Å². The van der Waals surface area contributed by atoms with Gasteiger partial charge in [0.25, 0.3) is 0 Å². The van der Waals surface area contributed by atoms with Crippen LogP contribution in [0.15, 0.2) is 48.5 Å². The van der Waals surface area contributed by atoms with E-state index in [-0.39, 0.29) is 11.8 Å². The van der Waals surface area contributed by atoms with Gasteiger partial charge in [0.2, 0.25) is 11.8 Å². The highest BCUT2D eigenvalue weighted by atomic mass is 16.2. The molecule has 3 rings (SSSR count). The van der Waals surface area contributed by atoms with E-state index in [0.29, 0.717) is 5.69 Å². The standard InChI is InChI=1S/C23H29N3O2/c1-4-17-9-5-6-10-20(17)25-22(28)23(2,3)21(27)24-18-11-13-19(14-12-18)26-15-7-8-16-26/h5-6,9-14H,4,7-8,15-16H2,1-3H3,(H,24,27)(H,25,28). The van der Waals surface area contributed by atoms with Gasteiger partial charge >= 0.3 is 0 Å². The van der Waals surface area contributed by atoms with E-state index in [0.717, 1.165) is 30.8 Å². The Balaban J connectivity index is 1.65. The second-order valence-corrected chi connectivity index (χ2v) is 7.78. The first-order valence-corrected chi connectivity index (χ1v) is 9.97. The molecule has 5 nitrogen and oxygen atoms in total.